The Morgan fingerprint density at radius 2 is 1.93 bits per heavy atom. The molecule has 0 N–H and O–H groups in total. The third kappa shape index (κ3) is 2.17. The molecule has 0 bridgehead atoms. The van der Waals surface area contributed by atoms with Gasteiger partial charge in [-0.3, -0.25) is 9.36 Å². The van der Waals surface area contributed by atoms with Crippen molar-refractivity contribution in [3.05, 3.63) is 21.6 Å². The van der Waals surface area contributed by atoms with E-state index in [1.54, 1.807) is 6.26 Å². The second-order valence-corrected chi connectivity index (χ2v) is 3.71. The summed E-state index contributed by atoms with van der Waals surface area (Å²) >= 11 is 1.00. The van der Waals surface area contributed by atoms with Crippen molar-refractivity contribution in [3.8, 4) is 0 Å². The van der Waals surface area contributed by atoms with Crippen LogP contribution in [0.2, 0.25) is 0 Å². The molecule has 0 saturated heterocycles. The molecule has 1 rings (SSSR count). The zero-order chi connectivity index (χ0) is 11.8. The summed E-state index contributed by atoms with van der Waals surface area (Å²) in [6.07, 6.45) is -3.01. The first-order chi connectivity index (χ1) is 6.79. The highest BCUT2D eigenvalue weighted by Gasteiger charge is 2.36. The lowest BCUT2D eigenvalue weighted by molar-refractivity contribution is -0.142. The maximum atomic E-state index is 12.5. The number of halogens is 3. The Kier molecular flexibility index (Phi) is 3.13. The molecule has 0 fully saturated rings. The lowest BCUT2D eigenvalue weighted by atomic mass is 10.2. The highest BCUT2D eigenvalue weighted by Crippen LogP contribution is 2.29. The van der Waals surface area contributed by atoms with Crippen LogP contribution in [0.15, 0.2) is 9.95 Å². The minimum absolute atomic E-state index is 0.0536. The van der Waals surface area contributed by atoms with Crippen molar-refractivity contribution in [2.24, 2.45) is 7.05 Å². The summed E-state index contributed by atoms with van der Waals surface area (Å²) in [7, 11) is 1.40. The summed E-state index contributed by atoms with van der Waals surface area (Å²) in [5, 5.41) is 0.0536. The van der Waals surface area contributed by atoms with Crippen LogP contribution in [0.4, 0.5) is 13.2 Å². The molecular formula is C8H9F3N2OS. The Labute approximate surface area is 88.3 Å². The second kappa shape index (κ2) is 3.88. The Morgan fingerprint density at radius 1 is 1.40 bits per heavy atom. The number of hydrogen-bond donors (Lipinski definition) is 0. The highest BCUT2D eigenvalue weighted by molar-refractivity contribution is 7.98. The average molecular weight is 238 g/mol. The molecule has 15 heavy (non-hydrogen) atoms. The quantitative estimate of drug-likeness (QED) is 0.553. The zero-order valence-corrected chi connectivity index (χ0v) is 9.16. The van der Waals surface area contributed by atoms with Crippen molar-refractivity contribution in [2.75, 3.05) is 6.26 Å². The van der Waals surface area contributed by atoms with Gasteiger partial charge in [0.1, 0.15) is 0 Å². The molecule has 1 aromatic rings. The Morgan fingerprint density at radius 3 is 2.33 bits per heavy atom. The molecule has 1 heterocycles. The van der Waals surface area contributed by atoms with E-state index >= 15 is 0 Å². The van der Waals surface area contributed by atoms with Gasteiger partial charge >= 0.3 is 6.18 Å². The van der Waals surface area contributed by atoms with Crippen molar-refractivity contribution in [1.29, 1.82) is 0 Å². The van der Waals surface area contributed by atoms with Gasteiger partial charge in [-0.1, -0.05) is 11.8 Å². The standard InChI is InChI=1S/C8H9F3N2OS/c1-4-5(8(9,10)11)12-7(15-3)13(2)6(4)14/h1-3H3. The molecule has 0 aliphatic carbocycles. The minimum atomic E-state index is -4.58. The molecule has 0 saturated carbocycles. The van der Waals surface area contributed by atoms with Crippen LogP contribution >= 0.6 is 11.8 Å². The van der Waals surface area contributed by atoms with Crippen LogP contribution in [0, 0.1) is 6.92 Å². The van der Waals surface area contributed by atoms with Gasteiger partial charge in [0.25, 0.3) is 5.56 Å². The average Bonchev–Trinajstić information content (AvgIpc) is 2.13. The van der Waals surface area contributed by atoms with E-state index in [0.29, 0.717) is 0 Å². The van der Waals surface area contributed by atoms with Crippen LogP contribution in [-0.2, 0) is 13.2 Å². The summed E-state index contributed by atoms with van der Waals surface area (Å²) in [6.45, 7) is 1.13. The fraction of sp³-hybridized carbons (Fsp3) is 0.500. The summed E-state index contributed by atoms with van der Waals surface area (Å²) in [5.74, 6) is 0. The molecule has 0 aliphatic rings. The molecule has 1 aromatic heterocycles. The molecule has 0 amide bonds. The smallest absolute Gasteiger partial charge is 0.291 e. The van der Waals surface area contributed by atoms with Crippen LogP contribution < -0.4 is 5.56 Å². The summed E-state index contributed by atoms with van der Waals surface area (Å²) in [5.41, 5.74) is -2.14. The molecule has 0 aromatic carbocycles. The molecule has 0 spiro atoms. The second-order valence-electron chi connectivity index (χ2n) is 2.93. The Bertz CT molecular complexity index is 439. The summed E-state index contributed by atoms with van der Waals surface area (Å²) < 4.78 is 38.5. The molecule has 84 valence electrons. The van der Waals surface area contributed by atoms with Gasteiger partial charge in [0, 0.05) is 12.6 Å². The lowest BCUT2D eigenvalue weighted by Gasteiger charge is -2.12. The van der Waals surface area contributed by atoms with Gasteiger partial charge in [-0.25, -0.2) is 4.98 Å². The van der Waals surface area contributed by atoms with Crippen molar-refractivity contribution >= 4 is 11.8 Å². The van der Waals surface area contributed by atoms with E-state index in [1.807, 2.05) is 0 Å². The summed E-state index contributed by atoms with van der Waals surface area (Å²) in [6, 6.07) is 0. The van der Waals surface area contributed by atoms with E-state index < -0.39 is 17.4 Å². The van der Waals surface area contributed by atoms with Crippen LogP contribution in [-0.4, -0.2) is 15.8 Å². The van der Waals surface area contributed by atoms with Crippen molar-refractivity contribution in [1.82, 2.24) is 9.55 Å². The monoisotopic (exact) mass is 238 g/mol. The third-order valence-electron chi connectivity index (χ3n) is 1.93. The first-order valence-corrected chi connectivity index (χ1v) is 5.20. The highest BCUT2D eigenvalue weighted by atomic mass is 32.2. The molecular weight excluding hydrogens is 229 g/mol. The minimum Gasteiger partial charge on any atom is -0.291 e. The molecule has 0 radical (unpaired) electrons. The van der Waals surface area contributed by atoms with E-state index in [0.717, 1.165) is 23.3 Å². The number of thioether (sulfide) groups is 1. The number of rotatable bonds is 1. The fourth-order valence-corrected chi connectivity index (χ4v) is 1.69. The Hall–Kier alpha value is -0.980. The Balaban J connectivity index is 3.57. The van der Waals surface area contributed by atoms with E-state index in [-0.39, 0.29) is 10.7 Å². The van der Waals surface area contributed by atoms with E-state index in [2.05, 4.69) is 4.98 Å². The molecule has 0 atom stereocenters. The van der Waals surface area contributed by atoms with Gasteiger partial charge < -0.3 is 0 Å². The molecule has 0 aliphatic heterocycles. The van der Waals surface area contributed by atoms with Gasteiger partial charge in [-0.15, -0.1) is 0 Å². The van der Waals surface area contributed by atoms with Crippen LogP contribution in [0.25, 0.3) is 0 Å². The predicted octanol–water partition coefficient (Wildman–Crippen LogP) is 1.83. The first kappa shape index (κ1) is 12.1. The van der Waals surface area contributed by atoms with Crippen molar-refractivity contribution in [3.63, 3.8) is 0 Å². The molecule has 3 nitrogen and oxygen atoms in total. The third-order valence-corrected chi connectivity index (χ3v) is 2.66. The van der Waals surface area contributed by atoms with Gasteiger partial charge in [-0.05, 0) is 13.2 Å². The van der Waals surface area contributed by atoms with Crippen LogP contribution in [0.5, 0.6) is 0 Å². The number of nitrogens with zero attached hydrogens (tertiary/aromatic N) is 2. The topological polar surface area (TPSA) is 34.9 Å². The maximum absolute atomic E-state index is 12.5. The van der Waals surface area contributed by atoms with Gasteiger partial charge in [0.2, 0.25) is 0 Å². The van der Waals surface area contributed by atoms with Crippen LogP contribution in [0.3, 0.4) is 0 Å². The van der Waals surface area contributed by atoms with Gasteiger partial charge in [0.05, 0.1) is 0 Å². The first-order valence-electron chi connectivity index (χ1n) is 3.98. The van der Waals surface area contributed by atoms with Gasteiger partial charge in [0.15, 0.2) is 10.9 Å². The van der Waals surface area contributed by atoms with Gasteiger partial charge in [-0.2, -0.15) is 13.2 Å². The molecule has 0 unspecified atom stereocenters. The molecule has 7 heteroatoms. The van der Waals surface area contributed by atoms with E-state index in [1.165, 1.54) is 7.05 Å². The van der Waals surface area contributed by atoms with Crippen molar-refractivity contribution < 1.29 is 13.2 Å². The largest absolute Gasteiger partial charge is 0.433 e. The normalized spacial score (nSPS) is 11.9. The van der Waals surface area contributed by atoms with E-state index in [4.69, 9.17) is 0 Å². The lowest BCUT2D eigenvalue weighted by Crippen LogP contribution is -2.27. The zero-order valence-electron chi connectivity index (χ0n) is 8.34. The van der Waals surface area contributed by atoms with E-state index in [9.17, 15) is 18.0 Å². The maximum Gasteiger partial charge on any atom is 0.433 e. The number of aromatic nitrogens is 2. The fourth-order valence-electron chi connectivity index (χ4n) is 1.15. The van der Waals surface area contributed by atoms with Crippen LogP contribution in [0.1, 0.15) is 11.3 Å². The number of alkyl halides is 3. The predicted molar refractivity (Wildman–Crippen MR) is 51.0 cm³/mol. The SMILES string of the molecule is CSc1nc(C(F)(F)F)c(C)c(=O)n1C. The van der Waals surface area contributed by atoms with Crippen molar-refractivity contribution in [2.45, 2.75) is 18.3 Å². The number of hydrogen-bond acceptors (Lipinski definition) is 3. The summed E-state index contributed by atoms with van der Waals surface area (Å²) in [4.78, 5) is 14.8.